The Bertz CT molecular complexity index is 459. The third-order valence-electron chi connectivity index (χ3n) is 4.23. The molecule has 4 heteroatoms. The standard InChI is InChI=1S/C15H20ClNOS/c16-13-4-3-11(17)9-14(13)19-10-12-5-8-15(18-12)6-1-2-7-15/h3-4,9,12H,1-2,5-8,10,17H2. The molecule has 1 saturated carbocycles. The average molecular weight is 298 g/mol. The van der Waals surface area contributed by atoms with Gasteiger partial charge >= 0.3 is 0 Å². The lowest BCUT2D eigenvalue weighted by molar-refractivity contribution is -0.0267. The molecule has 3 rings (SSSR count). The van der Waals surface area contributed by atoms with E-state index >= 15 is 0 Å². The monoisotopic (exact) mass is 297 g/mol. The van der Waals surface area contributed by atoms with Gasteiger partial charge in [-0.15, -0.1) is 11.8 Å². The summed E-state index contributed by atoms with van der Waals surface area (Å²) in [7, 11) is 0. The lowest BCUT2D eigenvalue weighted by atomic mass is 9.98. The highest BCUT2D eigenvalue weighted by Crippen LogP contribution is 2.44. The number of rotatable bonds is 3. The molecule has 1 saturated heterocycles. The molecule has 2 N–H and O–H groups in total. The number of benzene rings is 1. The van der Waals surface area contributed by atoms with Gasteiger partial charge in [0.2, 0.25) is 0 Å². The maximum atomic E-state index is 6.31. The van der Waals surface area contributed by atoms with Crippen molar-refractivity contribution >= 4 is 29.1 Å². The highest BCUT2D eigenvalue weighted by atomic mass is 35.5. The maximum absolute atomic E-state index is 6.31. The molecule has 1 aromatic carbocycles. The first kappa shape index (κ1) is 13.6. The van der Waals surface area contributed by atoms with Gasteiger partial charge in [0.25, 0.3) is 0 Å². The summed E-state index contributed by atoms with van der Waals surface area (Å²) in [6.07, 6.45) is 7.98. The molecule has 2 nitrogen and oxygen atoms in total. The Morgan fingerprint density at radius 1 is 1.32 bits per heavy atom. The first-order valence-electron chi connectivity index (χ1n) is 7.03. The summed E-state index contributed by atoms with van der Waals surface area (Å²) in [5.74, 6) is 0.977. The molecule has 1 aliphatic heterocycles. The predicted octanol–water partition coefficient (Wildman–Crippen LogP) is 4.51. The molecule has 104 valence electrons. The van der Waals surface area contributed by atoms with Gasteiger partial charge in [0.05, 0.1) is 16.7 Å². The smallest absolute Gasteiger partial charge is 0.0687 e. The molecule has 0 aromatic heterocycles. The van der Waals surface area contributed by atoms with Crippen molar-refractivity contribution in [1.82, 2.24) is 0 Å². The molecule has 1 heterocycles. The van der Waals surface area contributed by atoms with Crippen LogP contribution in [0.15, 0.2) is 23.1 Å². The zero-order valence-electron chi connectivity index (χ0n) is 11.0. The lowest BCUT2D eigenvalue weighted by Crippen LogP contribution is -2.25. The summed E-state index contributed by atoms with van der Waals surface area (Å²) in [5.41, 5.74) is 6.80. The molecule has 0 radical (unpaired) electrons. The fourth-order valence-electron chi connectivity index (χ4n) is 3.21. The van der Waals surface area contributed by atoms with Crippen molar-refractivity contribution in [2.45, 2.75) is 55.1 Å². The number of ether oxygens (including phenoxy) is 1. The molecular formula is C15H20ClNOS. The van der Waals surface area contributed by atoms with Gasteiger partial charge in [-0.25, -0.2) is 0 Å². The molecule has 19 heavy (non-hydrogen) atoms. The van der Waals surface area contributed by atoms with Crippen LogP contribution in [0.1, 0.15) is 38.5 Å². The van der Waals surface area contributed by atoms with Crippen LogP contribution in [-0.4, -0.2) is 17.5 Å². The van der Waals surface area contributed by atoms with Gasteiger partial charge in [0.15, 0.2) is 0 Å². The average Bonchev–Trinajstić information content (AvgIpc) is 3.02. The fourth-order valence-corrected chi connectivity index (χ4v) is 4.52. The fraction of sp³-hybridized carbons (Fsp3) is 0.600. The SMILES string of the molecule is Nc1ccc(Cl)c(SCC2CCC3(CCCC3)O2)c1. The molecule has 1 aromatic rings. The van der Waals surface area contributed by atoms with Crippen molar-refractivity contribution in [2.24, 2.45) is 0 Å². The number of halogens is 1. The first-order chi connectivity index (χ1) is 9.17. The summed E-state index contributed by atoms with van der Waals surface area (Å²) in [5, 5.41) is 0.785. The number of hydrogen-bond acceptors (Lipinski definition) is 3. The third-order valence-corrected chi connectivity index (χ3v) is 5.86. The van der Waals surface area contributed by atoms with Crippen LogP contribution >= 0.6 is 23.4 Å². The topological polar surface area (TPSA) is 35.2 Å². The van der Waals surface area contributed by atoms with Crippen LogP contribution in [0.3, 0.4) is 0 Å². The van der Waals surface area contributed by atoms with E-state index in [0.717, 1.165) is 21.4 Å². The second kappa shape index (κ2) is 5.55. The van der Waals surface area contributed by atoms with Crippen LogP contribution in [0.25, 0.3) is 0 Å². The van der Waals surface area contributed by atoms with Gasteiger partial charge in [0.1, 0.15) is 0 Å². The maximum Gasteiger partial charge on any atom is 0.0687 e. The lowest BCUT2D eigenvalue weighted by Gasteiger charge is -2.23. The minimum Gasteiger partial charge on any atom is -0.399 e. The summed E-state index contributed by atoms with van der Waals surface area (Å²) in [4.78, 5) is 1.07. The van der Waals surface area contributed by atoms with E-state index in [1.165, 1.54) is 38.5 Å². The van der Waals surface area contributed by atoms with E-state index in [9.17, 15) is 0 Å². The third kappa shape index (κ3) is 3.04. The highest BCUT2D eigenvalue weighted by Gasteiger charge is 2.41. The molecule has 1 atom stereocenters. The van der Waals surface area contributed by atoms with Crippen LogP contribution in [0.4, 0.5) is 5.69 Å². The van der Waals surface area contributed by atoms with Gasteiger partial charge < -0.3 is 10.5 Å². The summed E-state index contributed by atoms with van der Waals surface area (Å²) < 4.78 is 6.31. The van der Waals surface area contributed by atoms with E-state index in [-0.39, 0.29) is 5.60 Å². The first-order valence-corrected chi connectivity index (χ1v) is 8.39. The molecular weight excluding hydrogens is 278 g/mol. The van der Waals surface area contributed by atoms with Gasteiger partial charge in [-0.2, -0.15) is 0 Å². The Morgan fingerprint density at radius 2 is 2.11 bits per heavy atom. The molecule has 1 unspecified atom stereocenters. The normalized spacial score (nSPS) is 25.2. The van der Waals surface area contributed by atoms with E-state index < -0.39 is 0 Å². The molecule has 2 aliphatic rings. The van der Waals surface area contributed by atoms with Gasteiger partial charge in [-0.05, 0) is 43.9 Å². The van der Waals surface area contributed by atoms with Crippen molar-refractivity contribution in [1.29, 1.82) is 0 Å². The Labute approximate surface area is 124 Å². The predicted molar refractivity (Wildman–Crippen MR) is 81.9 cm³/mol. The Balaban J connectivity index is 1.57. The van der Waals surface area contributed by atoms with E-state index in [4.69, 9.17) is 22.1 Å². The summed E-state index contributed by atoms with van der Waals surface area (Å²) >= 11 is 7.95. The van der Waals surface area contributed by atoms with Crippen LogP contribution in [-0.2, 0) is 4.74 Å². The van der Waals surface area contributed by atoms with Crippen LogP contribution in [0, 0.1) is 0 Å². The number of hydrogen-bond donors (Lipinski definition) is 1. The molecule has 2 fully saturated rings. The number of nitrogens with two attached hydrogens (primary N) is 1. The molecule has 1 spiro atoms. The molecule has 1 aliphatic carbocycles. The van der Waals surface area contributed by atoms with Crippen LogP contribution in [0.5, 0.6) is 0 Å². The van der Waals surface area contributed by atoms with Crippen LogP contribution in [0.2, 0.25) is 5.02 Å². The van der Waals surface area contributed by atoms with Crippen molar-refractivity contribution < 1.29 is 4.74 Å². The zero-order valence-corrected chi connectivity index (χ0v) is 12.6. The van der Waals surface area contributed by atoms with E-state index in [0.29, 0.717) is 6.10 Å². The Kier molecular flexibility index (Phi) is 3.97. The van der Waals surface area contributed by atoms with Gasteiger partial charge in [0, 0.05) is 16.3 Å². The summed E-state index contributed by atoms with van der Waals surface area (Å²) in [6.45, 7) is 0. The quantitative estimate of drug-likeness (QED) is 0.659. The Hall–Kier alpha value is -0.380. The molecule has 0 amide bonds. The van der Waals surface area contributed by atoms with Gasteiger partial charge in [-0.3, -0.25) is 0 Å². The largest absolute Gasteiger partial charge is 0.399 e. The second-order valence-corrected chi connectivity index (χ2v) is 7.14. The number of nitrogen functional groups attached to an aromatic ring is 1. The highest BCUT2D eigenvalue weighted by molar-refractivity contribution is 7.99. The van der Waals surface area contributed by atoms with Gasteiger partial charge in [-0.1, -0.05) is 24.4 Å². The van der Waals surface area contributed by atoms with Crippen molar-refractivity contribution in [3.05, 3.63) is 23.2 Å². The van der Waals surface area contributed by atoms with E-state index in [1.54, 1.807) is 11.8 Å². The number of anilines is 1. The van der Waals surface area contributed by atoms with Crippen molar-refractivity contribution in [3.8, 4) is 0 Å². The van der Waals surface area contributed by atoms with Crippen LogP contribution < -0.4 is 5.73 Å². The summed E-state index contributed by atoms with van der Waals surface area (Å²) in [6, 6.07) is 5.66. The zero-order chi connectivity index (χ0) is 13.3. The minimum atomic E-state index is 0.227. The van der Waals surface area contributed by atoms with Crippen molar-refractivity contribution in [2.75, 3.05) is 11.5 Å². The molecule has 0 bridgehead atoms. The van der Waals surface area contributed by atoms with Crippen molar-refractivity contribution in [3.63, 3.8) is 0 Å². The minimum absolute atomic E-state index is 0.227. The van der Waals surface area contributed by atoms with E-state index in [1.807, 2.05) is 18.2 Å². The Morgan fingerprint density at radius 3 is 2.89 bits per heavy atom. The second-order valence-electron chi connectivity index (χ2n) is 5.67. The number of thioether (sulfide) groups is 1. The van der Waals surface area contributed by atoms with E-state index in [2.05, 4.69) is 0 Å².